The first-order chi connectivity index (χ1) is 8.83. The zero-order valence-electron chi connectivity index (χ0n) is 12.8. The van der Waals surface area contributed by atoms with Crippen LogP contribution in [0.3, 0.4) is 0 Å². The molecule has 9 heteroatoms. The van der Waals surface area contributed by atoms with Crippen LogP contribution in [0.2, 0.25) is 0 Å². The molecule has 0 spiro atoms. The van der Waals surface area contributed by atoms with Crippen LogP contribution >= 0.6 is 0 Å². The van der Waals surface area contributed by atoms with Gasteiger partial charge < -0.3 is 18.6 Å². The summed E-state index contributed by atoms with van der Waals surface area (Å²) in [5.74, 6) is 0. The van der Waals surface area contributed by atoms with E-state index < -0.39 is 10.4 Å². The fraction of sp³-hybridized carbons (Fsp3) is 0.333. The van der Waals surface area contributed by atoms with E-state index in [9.17, 15) is 0 Å². The van der Waals surface area contributed by atoms with Gasteiger partial charge in [0.1, 0.15) is 0 Å². The smallest absolute Gasteiger partial charge is 0.759 e. The molecule has 0 fully saturated rings. The van der Waals surface area contributed by atoms with Crippen molar-refractivity contribution in [2.45, 2.75) is 0 Å². The van der Waals surface area contributed by atoms with E-state index in [0.717, 1.165) is 0 Å². The van der Waals surface area contributed by atoms with Crippen LogP contribution in [0.4, 0.5) is 0 Å². The summed E-state index contributed by atoms with van der Waals surface area (Å²) in [6.07, 6.45) is 6.85. The fourth-order valence-electron chi connectivity index (χ4n) is 0.469. The van der Waals surface area contributed by atoms with Gasteiger partial charge in [0.25, 0.3) is 0 Å². The molecule has 0 bridgehead atoms. The van der Waals surface area contributed by atoms with Gasteiger partial charge in [0.15, 0.2) is 0 Å². The Balaban J connectivity index is -0.0000000590. The van der Waals surface area contributed by atoms with Gasteiger partial charge in [-0.25, -0.2) is 0 Å². The van der Waals surface area contributed by atoms with Crippen molar-refractivity contribution in [1.29, 1.82) is 0 Å². The van der Waals surface area contributed by atoms with Crippen LogP contribution < -0.4 is 59.1 Å². The number of hydrogen-bond acceptors (Lipinski definition) is 6. The molecule has 0 N–H and O–H groups in total. The van der Waals surface area contributed by atoms with E-state index in [1.54, 1.807) is 24.3 Å². The van der Waals surface area contributed by atoms with Crippen LogP contribution in [0.25, 0.3) is 0 Å². The van der Waals surface area contributed by atoms with Gasteiger partial charge in [0.05, 0.1) is 26.4 Å². The van der Waals surface area contributed by atoms with Crippen molar-refractivity contribution < 1.29 is 86.1 Å². The molecule has 0 aromatic heterocycles. The average Bonchev–Trinajstić information content (AvgIpc) is 2.29. The zero-order valence-corrected chi connectivity index (χ0v) is 17.6. The van der Waals surface area contributed by atoms with Gasteiger partial charge in [0.2, 0.25) is 0 Å². The molecule has 0 aliphatic carbocycles. The second kappa shape index (κ2) is 28.8. The number of hydrogen-bond donors (Lipinski definition) is 0. The van der Waals surface area contributed by atoms with Crippen molar-refractivity contribution >= 4 is 10.4 Å². The Morgan fingerprint density at radius 2 is 0.857 bits per heavy atom. The van der Waals surface area contributed by atoms with Crippen molar-refractivity contribution in [3.05, 3.63) is 50.6 Å². The first-order valence-corrected chi connectivity index (χ1v) is 6.42. The molecule has 0 aromatic carbocycles. The molecule has 6 nitrogen and oxygen atoms in total. The molecule has 0 rings (SSSR count). The monoisotopic (exact) mass is 338 g/mol. The Morgan fingerprint density at radius 1 is 0.714 bits per heavy atom. The minimum atomic E-state index is -5.17. The standard InChI is InChI=1S/2C6H10O.2Na.H2O4S/c2*1-3-5-7-6-4-2;;;1-5(2,3)4/h2*3-4H,1-2,5-6H2;;;(H2,1,2,3,4)/q;;2*+1;/p-2. The van der Waals surface area contributed by atoms with E-state index >= 15 is 0 Å². The van der Waals surface area contributed by atoms with Gasteiger partial charge in [0, 0.05) is 10.4 Å². The second-order valence-corrected chi connectivity index (χ2v) is 3.45. The molecule has 0 unspecified atom stereocenters. The fourth-order valence-corrected chi connectivity index (χ4v) is 0.469. The molecule has 0 atom stereocenters. The molecule has 0 aliphatic heterocycles. The van der Waals surface area contributed by atoms with Crippen LogP contribution in [-0.2, 0) is 19.9 Å². The molecular formula is C12H20Na2O6S. The topological polar surface area (TPSA) is 98.7 Å². The average molecular weight is 338 g/mol. The van der Waals surface area contributed by atoms with Crippen LogP contribution in [0.15, 0.2) is 50.6 Å². The van der Waals surface area contributed by atoms with E-state index in [1.807, 2.05) is 0 Å². The number of ether oxygens (including phenoxy) is 2. The SMILES string of the molecule is C=CCOCC=C.C=CCOCC=C.O=S(=O)([O-])[O-].[Na+].[Na+]. The summed E-state index contributed by atoms with van der Waals surface area (Å²) >= 11 is 0. The molecule has 21 heavy (non-hydrogen) atoms. The minimum absolute atomic E-state index is 0. The zero-order chi connectivity index (χ0) is 15.6. The van der Waals surface area contributed by atoms with Gasteiger partial charge in [-0.2, -0.15) is 0 Å². The molecule has 0 saturated carbocycles. The van der Waals surface area contributed by atoms with Gasteiger partial charge in [-0.1, -0.05) is 24.3 Å². The Kier molecular flexibility index (Phi) is 45.9. The summed E-state index contributed by atoms with van der Waals surface area (Å²) in [5.41, 5.74) is 0. The predicted octanol–water partition coefficient (Wildman–Crippen LogP) is -4.58. The summed E-state index contributed by atoms with van der Waals surface area (Å²) in [5, 5.41) is 0. The Labute approximate surface area is 172 Å². The van der Waals surface area contributed by atoms with E-state index in [1.165, 1.54) is 0 Å². The summed E-state index contributed by atoms with van der Waals surface area (Å²) in [4.78, 5) is 0. The molecule has 112 valence electrons. The van der Waals surface area contributed by atoms with Crippen LogP contribution in [0, 0.1) is 0 Å². The molecule has 0 amide bonds. The first kappa shape index (κ1) is 33.4. The van der Waals surface area contributed by atoms with Crippen molar-refractivity contribution in [1.82, 2.24) is 0 Å². The van der Waals surface area contributed by atoms with E-state index in [2.05, 4.69) is 26.3 Å². The molecular weight excluding hydrogens is 318 g/mol. The molecule has 0 saturated heterocycles. The predicted molar refractivity (Wildman–Crippen MR) is 72.9 cm³/mol. The normalized spacial score (nSPS) is 8.10. The third-order valence-corrected chi connectivity index (χ3v) is 0.943. The molecule has 0 heterocycles. The Morgan fingerprint density at radius 3 is 0.952 bits per heavy atom. The van der Waals surface area contributed by atoms with E-state index in [0.29, 0.717) is 26.4 Å². The maximum Gasteiger partial charge on any atom is 1.00 e. The largest absolute Gasteiger partial charge is 1.00 e. The van der Waals surface area contributed by atoms with Crippen LogP contribution in [-0.4, -0.2) is 44.0 Å². The second-order valence-electron chi connectivity index (χ2n) is 2.64. The van der Waals surface area contributed by atoms with Crippen molar-refractivity contribution in [2.75, 3.05) is 26.4 Å². The maximum atomic E-state index is 8.52. The third kappa shape index (κ3) is 95.3. The summed E-state index contributed by atoms with van der Waals surface area (Å²) in [6.45, 7) is 16.4. The molecule has 0 radical (unpaired) electrons. The number of rotatable bonds is 8. The Hall–Kier alpha value is 0.750. The summed E-state index contributed by atoms with van der Waals surface area (Å²) in [7, 11) is -5.17. The van der Waals surface area contributed by atoms with Crippen LogP contribution in [0.5, 0.6) is 0 Å². The van der Waals surface area contributed by atoms with Gasteiger partial charge >= 0.3 is 59.1 Å². The van der Waals surface area contributed by atoms with E-state index in [-0.39, 0.29) is 59.1 Å². The van der Waals surface area contributed by atoms with Gasteiger partial charge in [-0.05, 0) is 0 Å². The van der Waals surface area contributed by atoms with Gasteiger partial charge in [-0.15, -0.1) is 26.3 Å². The van der Waals surface area contributed by atoms with Crippen molar-refractivity contribution in [2.24, 2.45) is 0 Å². The maximum absolute atomic E-state index is 8.52. The third-order valence-electron chi connectivity index (χ3n) is 0.943. The first-order valence-electron chi connectivity index (χ1n) is 5.09. The Bertz CT molecular complexity index is 289. The molecule has 0 aromatic rings. The van der Waals surface area contributed by atoms with E-state index in [4.69, 9.17) is 27.0 Å². The van der Waals surface area contributed by atoms with Gasteiger partial charge in [-0.3, -0.25) is 8.42 Å². The minimum Gasteiger partial charge on any atom is -0.759 e. The van der Waals surface area contributed by atoms with Crippen molar-refractivity contribution in [3.63, 3.8) is 0 Å². The quantitative estimate of drug-likeness (QED) is 0.145. The summed E-state index contributed by atoms with van der Waals surface area (Å²) < 4.78 is 43.9. The van der Waals surface area contributed by atoms with Crippen molar-refractivity contribution in [3.8, 4) is 0 Å². The summed E-state index contributed by atoms with van der Waals surface area (Å²) in [6, 6.07) is 0. The molecule has 0 aliphatic rings. The van der Waals surface area contributed by atoms with Crippen LogP contribution in [0.1, 0.15) is 0 Å².